The third kappa shape index (κ3) is 5.31. The fourth-order valence-corrected chi connectivity index (χ4v) is 6.03. The molecule has 0 unspecified atom stereocenters. The molecular formula is C22H36ClN3O5Si. The van der Waals surface area contributed by atoms with Crippen molar-refractivity contribution in [3.63, 3.8) is 0 Å². The molecule has 0 radical (unpaired) electrons. The van der Waals surface area contributed by atoms with Gasteiger partial charge in [-0.15, -0.1) is 5.10 Å². The molecule has 3 saturated carbocycles. The van der Waals surface area contributed by atoms with Gasteiger partial charge in [-0.3, -0.25) is 9.59 Å². The van der Waals surface area contributed by atoms with Crippen molar-refractivity contribution < 1.29 is 19.4 Å². The molecule has 1 aromatic heterocycles. The maximum absolute atomic E-state index is 12.6. The zero-order chi connectivity index (χ0) is 23.8. The molecular weight excluding hydrogens is 450 g/mol. The summed E-state index contributed by atoms with van der Waals surface area (Å²) in [5.41, 5.74) is -0.00535. The van der Waals surface area contributed by atoms with Crippen LogP contribution in [0.25, 0.3) is 0 Å². The Labute approximate surface area is 195 Å². The van der Waals surface area contributed by atoms with Crippen LogP contribution in [-0.4, -0.2) is 48.4 Å². The number of aromatic nitrogens is 2. The van der Waals surface area contributed by atoms with Crippen molar-refractivity contribution in [1.82, 2.24) is 9.78 Å². The van der Waals surface area contributed by atoms with Gasteiger partial charge in [-0.05, 0) is 42.1 Å². The molecule has 32 heavy (non-hydrogen) atoms. The fourth-order valence-electron chi connectivity index (χ4n) is 5.04. The number of anilines is 1. The third-order valence-electron chi connectivity index (χ3n) is 7.31. The molecule has 2 N–H and O–H groups in total. The third-order valence-corrected chi connectivity index (χ3v) is 9.37. The second-order valence-electron chi connectivity index (χ2n) is 11.0. The van der Waals surface area contributed by atoms with Crippen LogP contribution in [0.2, 0.25) is 30.7 Å². The molecule has 2 bridgehead atoms. The summed E-state index contributed by atoms with van der Waals surface area (Å²) in [5.74, 6) is 0.529. The Morgan fingerprint density at radius 1 is 1.34 bits per heavy atom. The molecule has 0 amide bonds. The highest BCUT2D eigenvalue weighted by molar-refractivity contribution is 6.76. The van der Waals surface area contributed by atoms with Crippen LogP contribution in [0.1, 0.15) is 33.6 Å². The van der Waals surface area contributed by atoms with E-state index in [4.69, 9.17) is 26.2 Å². The van der Waals surface area contributed by atoms with Gasteiger partial charge in [0, 0.05) is 20.7 Å². The Morgan fingerprint density at radius 3 is 2.59 bits per heavy atom. The number of hydrogen-bond donors (Lipinski definition) is 2. The standard InChI is InChI=1S/C22H36ClN3O5Si/c1-13-15-9-14(22(15,2)3)10-16(13)24-19-18(23)21(29)26(11-17(27)28)25-20(19)31-12-30-7-8-32(4,5)6/h13-16,24H,7-12H2,1-6H3,(H,27,28)/t13-,14-,15+,16-/m1/s1. The van der Waals surface area contributed by atoms with E-state index < -0.39 is 26.1 Å². The maximum atomic E-state index is 12.6. The zero-order valence-corrected chi connectivity index (χ0v) is 21.7. The van der Waals surface area contributed by atoms with Crippen molar-refractivity contribution >= 4 is 31.3 Å². The smallest absolute Gasteiger partial charge is 0.325 e. The lowest BCUT2D eigenvalue weighted by Gasteiger charge is -2.62. The van der Waals surface area contributed by atoms with Crippen LogP contribution in [0.4, 0.5) is 5.69 Å². The molecule has 1 aromatic rings. The molecule has 0 aromatic carbocycles. The lowest BCUT2D eigenvalue weighted by atomic mass is 9.45. The lowest BCUT2D eigenvalue weighted by molar-refractivity contribution is -0.138. The minimum Gasteiger partial charge on any atom is -0.480 e. The molecule has 0 saturated heterocycles. The van der Waals surface area contributed by atoms with E-state index in [1.54, 1.807) is 0 Å². The van der Waals surface area contributed by atoms with E-state index in [0.717, 1.165) is 17.1 Å². The van der Waals surface area contributed by atoms with Crippen LogP contribution in [0.5, 0.6) is 5.88 Å². The van der Waals surface area contributed by atoms with Crippen molar-refractivity contribution in [2.45, 2.75) is 71.9 Å². The quantitative estimate of drug-likeness (QED) is 0.291. The summed E-state index contributed by atoms with van der Waals surface area (Å²) in [6.07, 6.45) is 2.21. The molecule has 10 heteroatoms. The molecule has 4 rings (SSSR count). The summed E-state index contributed by atoms with van der Waals surface area (Å²) in [6.45, 7) is 13.6. The van der Waals surface area contributed by atoms with Gasteiger partial charge in [-0.1, -0.05) is 52.0 Å². The summed E-state index contributed by atoms with van der Waals surface area (Å²) in [5, 5.41) is 16.6. The minimum absolute atomic E-state index is 0.0493. The first kappa shape index (κ1) is 25.0. The van der Waals surface area contributed by atoms with Crippen LogP contribution in [0, 0.1) is 23.2 Å². The largest absolute Gasteiger partial charge is 0.480 e. The maximum Gasteiger partial charge on any atom is 0.325 e. The lowest BCUT2D eigenvalue weighted by Crippen LogP contribution is -2.58. The van der Waals surface area contributed by atoms with Gasteiger partial charge in [-0.2, -0.15) is 0 Å². The summed E-state index contributed by atoms with van der Waals surface area (Å²) < 4.78 is 12.2. The molecule has 8 nitrogen and oxygen atoms in total. The van der Waals surface area contributed by atoms with Crippen LogP contribution < -0.4 is 15.6 Å². The van der Waals surface area contributed by atoms with Crippen molar-refractivity contribution in [3.8, 4) is 5.88 Å². The Balaban J connectivity index is 1.79. The number of ether oxygens (including phenoxy) is 2. The van der Waals surface area contributed by atoms with Crippen LogP contribution >= 0.6 is 11.6 Å². The summed E-state index contributed by atoms with van der Waals surface area (Å²) in [4.78, 5) is 23.8. The van der Waals surface area contributed by atoms with Gasteiger partial charge in [-0.25, -0.2) is 4.68 Å². The van der Waals surface area contributed by atoms with E-state index >= 15 is 0 Å². The number of carbonyl (C=O) groups is 1. The number of nitrogens with zero attached hydrogens (tertiary/aromatic N) is 2. The molecule has 0 spiro atoms. The van der Waals surface area contributed by atoms with Gasteiger partial charge in [0.05, 0.1) is 0 Å². The highest BCUT2D eigenvalue weighted by Gasteiger charge is 2.56. The van der Waals surface area contributed by atoms with E-state index in [2.05, 4.69) is 50.8 Å². The average Bonchev–Trinajstić information content (AvgIpc) is 2.67. The molecule has 0 aliphatic heterocycles. The minimum atomic E-state index is -1.23. The Hall–Kier alpha value is -1.58. The van der Waals surface area contributed by atoms with E-state index in [-0.39, 0.29) is 23.7 Å². The number of carboxylic acid groups (broad SMARTS) is 1. The summed E-state index contributed by atoms with van der Waals surface area (Å²) in [6, 6.07) is 1.13. The number of fused-ring (bicyclic) bond motifs is 2. The summed E-state index contributed by atoms with van der Waals surface area (Å²) >= 11 is 6.41. The average molecular weight is 486 g/mol. The van der Waals surface area contributed by atoms with Gasteiger partial charge in [0.2, 0.25) is 0 Å². The second kappa shape index (κ2) is 9.35. The predicted octanol–water partition coefficient (Wildman–Crippen LogP) is 4.16. The van der Waals surface area contributed by atoms with Crippen molar-refractivity contribution in [2.24, 2.45) is 23.2 Å². The topological polar surface area (TPSA) is 103 Å². The van der Waals surface area contributed by atoms with E-state index in [0.29, 0.717) is 35.5 Å². The highest BCUT2D eigenvalue weighted by Crippen LogP contribution is 2.61. The highest BCUT2D eigenvalue weighted by atomic mass is 35.5. The molecule has 3 aliphatic carbocycles. The van der Waals surface area contributed by atoms with Gasteiger partial charge in [0.15, 0.2) is 6.79 Å². The first-order valence-corrected chi connectivity index (χ1v) is 15.4. The van der Waals surface area contributed by atoms with E-state index in [1.165, 1.54) is 6.42 Å². The van der Waals surface area contributed by atoms with Crippen LogP contribution in [0.15, 0.2) is 4.79 Å². The van der Waals surface area contributed by atoms with Gasteiger partial charge >= 0.3 is 5.97 Å². The molecule has 3 fully saturated rings. The van der Waals surface area contributed by atoms with Gasteiger partial charge in [0.25, 0.3) is 11.4 Å². The predicted molar refractivity (Wildman–Crippen MR) is 127 cm³/mol. The Kier molecular flexibility index (Phi) is 7.31. The molecule has 4 atom stereocenters. The van der Waals surface area contributed by atoms with Crippen molar-refractivity contribution in [3.05, 3.63) is 15.4 Å². The first-order chi connectivity index (χ1) is 14.8. The number of aliphatic carboxylic acids is 1. The molecule has 1 heterocycles. The van der Waals surface area contributed by atoms with Gasteiger partial charge in [0.1, 0.15) is 17.3 Å². The number of hydrogen-bond acceptors (Lipinski definition) is 6. The monoisotopic (exact) mass is 485 g/mol. The Bertz CT molecular complexity index is 914. The first-order valence-electron chi connectivity index (χ1n) is 11.3. The van der Waals surface area contributed by atoms with Crippen molar-refractivity contribution in [2.75, 3.05) is 18.7 Å². The van der Waals surface area contributed by atoms with Crippen LogP contribution in [0.3, 0.4) is 0 Å². The van der Waals surface area contributed by atoms with Gasteiger partial charge < -0.3 is 19.9 Å². The van der Waals surface area contributed by atoms with E-state index in [9.17, 15) is 9.59 Å². The zero-order valence-electron chi connectivity index (χ0n) is 19.9. The number of rotatable bonds is 10. The fraction of sp³-hybridized carbons (Fsp3) is 0.773. The molecule has 3 aliphatic rings. The molecule has 180 valence electrons. The summed E-state index contributed by atoms with van der Waals surface area (Å²) in [7, 11) is -1.23. The number of halogens is 1. The SMILES string of the molecule is C[C@H]1[C@H](Nc2c(OCOCC[Si](C)(C)C)nn(CC(=O)O)c(=O)c2Cl)C[C@H]2C[C@@H]1C2(C)C. The van der Waals surface area contributed by atoms with Crippen molar-refractivity contribution in [1.29, 1.82) is 0 Å². The second-order valence-corrected chi connectivity index (χ2v) is 17.0. The van der Waals surface area contributed by atoms with E-state index in [1.807, 2.05) is 0 Å². The number of nitrogens with one attached hydrogen (secondary N) is 1. The van der Waals surface area contributed by atoms with Crippen LogP contribution in [-0.2, 0) is 16.1 Å². The number of carboxylic acids is 1. The Morgan fingerprint density at radius 2 is 2.03 bits per heavy atom. The normalized spacial score (nSPS) is 26.3.